The van der Waals surface area contributed by atoms with E-state index in [1.54, 1.807) is 4.90 Å². The van der Waals surface area contributed by atoms with Crippen molar-refractivity contribution in [1.29, 1.82) is 0 Å². The lowest BCUT2D eigenvalue weighted by atomic mass is 10.3. The van der Waals surface area contributed by atoms with Gasteiger partial charge < -0.3 is 20.3 Å². The Hall–Kier alpha value is -2.12. The largest absolute Gasteiger partial charge is 0.453 e. The Kier molecular flexibility index (Phi) is 5.13. The Labute approximate surface area is 122 Å². The minimum Gasteiger partial charge on any atom is -0.453 e. The summed E-state index contributed by atoms with van der Waals surface area (Å²) in [5.41, 5.74) is 0. The molecule has 21 heavy (non-hydrogen) atoms. The zero-order valence-corrected chi connectivity index (χ0v) is 12.2. The van der Waals surface area contributed by atoms with Crippen LogP contribution in [-0.4, -0.2) is 48.8 Å². The molecule has 2 rings (SSSR count). The molecule has 0 aromatic carbocycles. The van der Waals surface area contributed by atoms with Crippen LogP contribution in [0.4, 0.5) is 21.0 Å². The van der Waals surface area contributed by atoms with E-state index in [2.05, 4.69) is 25.3 Å². The van der Waals surface area contributed by atoms with Gasteiger partial charge in [-0.25, -0.2) is 14.2 Å². The summed E-state index contributed by atoms with van der Waals surface area (Å²) >= 11 is 0. The quantitative estimate of drug-likeness (QED) is 0.854. The van der Waals surface area contributed by atoms with Crippen LogP contribution in [0.3, 0.4) is 0 Å². The summed E-state index contributed by atoms with van der Waals surface area (Å²) in [7, 11) is 1.32. The second-order valence-electron chi connectivity index (χ2n) is 4.86. The normalized spacial score (nSPS) is 17.7. The van der Waals surface area contributed by atoms with Crippen molar-refractivity contribution < 1.29 is 13.9 Å². The molecule has 1 aliphatic heterocycles. The number of carbonyl (C=O) groups excluding carboxylic acids is 1. The van der Waals surface area contributed by atoms with Gasteiger partial charge in [-0.2, -0.15) is 4.98 Å². The van der Waals surface area contributed by atoms with Crippen LogP contribution in [0.2, 0.25) is 0 Å². The number of nitrogens with one attached hydrogen (secondary N) is 2. The summed E-state index contributed by atoms with van der Waals surface area (Å²) in [6.07, 6.45) is 2.35. The highest BCUT2D eigenvalue weighted by Gasteiger charge is 2.27. The summed E-state index contributed by atoms with van der Waals surface area (Å²) in [6, 6.07) is -0.0705. The Bertz CT molecular complexity index is 499. The first-order valence-electron chi connectivity index (χ1n) is 7.00. The third-order valence-electron chi connectivity index (χ3n) is 3.25. The average Bonchev–Trinajstić information content (AvgIpc) is 2.94. The molecule has 2 heterocycles. The van der Waals surface area contributed by atoms with Crippen molar-refractivity contribution in [2.45, 2.75) is 25.8 Å². The topological polar surface area (TPSA) is 79.4 Å². The summed E-state index contributed by atoms with van der Waals surface area (Å²) in [4.78, 5) is 21.1. The van der Waals surface area contributed by atoms with Crippen LogP contribution >= 0.6 is 0 Å². The fraction of sp³-hybridized carbons (Fsp3) is 0.615. The molecule has 0 radical (unpaired) electrons. The Morgan fingerprint density at radius 3 is 3.14 bits per heavy atom. The molecule has 0 bridgehead atoms. The number of rotatable bonds is 5. The van der Waals surface area contributed by atoms with Crippen LogP contribution in [0.1, 0.15) is 19.8 Å². The number of amides is 1. The molecule has 1 unspecified atom stereocenters. The monoisotopic (exact) mass is 297 g/mol. The van der Waals surface area contributed by atoms with Crippen molar-refractivity contribution in [1.82, 2.24) is 15.3 Å². The van der Waals surface area contributed by atoms with E-state index in [1.807, 2.05) is 6.92 Å². The average molecular weight is 297 g/mol. The van der Waals surface area contributed by atoms with E-state index < -0.39 is 11.9 Å². The molecule has 1 amide bonds. The lowest BCUT2D eigenvalue weighted by Gasteiger charge is -2.18. The summed E-state index contributed by atoms with van der Waals surface area (Å²) in [6.45, 7) is 3.88. The molecule has 0 spiro atoms. The smallest absolute Gasteiger partial charge is 0.407 e. The number of anilines is 2. The fourth-order valence-corrected chi connectivity index (χ4v) is 2.20. The molecular weight excluding hydrogens is 277 g/mol. The van der Waals surface area contributed by atoms with Crippen LogP contribution in [0.5, 0.6) is 0 Å². The van der Waals surface area contributed by atoms with E-state index in [4.69, 9.17) is 0 Å². The maximum Gasteiger partial charge on any atom is 0.407 e. The predicted octanol–water partition coefficient (Wildman–Crippen LogP) is 1.37. The van der Waals surface area contributed by atoms with Gasteiger partial charge in [0.15, 0.2) is 11.6 Å². The maximum atomic E-state index is 13.9. The number of alkyl carbamates (subject to hydrolysis) is 1. The van der Waals surface area contributed by atoms with Crippen molar-refractivity contribution in [2.75, 3.05) is 37.0 Å². The lowest BCUT2D eigenvalue weighted by molar-refractivity contribution is 0.167. The van der Waals surface area contributed by atoms with E-state index in [1.165, 1.54) is 13.3 Å². The fourth-order valence-electron chi connectivity index (χ4n) is 2.20. The van der Waals surface area contributed by atoms with Gasteiger partial charge in [0.05, 0.1) is 19.3 Å². The highest BCUT2D eigenvalue weighted by molar-refractivity contribution is 5.67. The van der Waals surface area contributed by atoms with Crippen LogP contribution in [-0.2, 0) is 4.74 Å². The highest BCUT2D eigenvalue weighted by atomic mass is 19.1. The molecule has 1 aromatic rings. The first-order chi connectivity index (χ1) is 10.1. The van der Waals surface area contributed by atoms with E-state index >= 15 is 0 Å². The summed E-state index contributed by atoms with van der Waals surface area (Å²) < 4.78 is 18.5. The van der Waals surface area contributed by atoms with Gasteiger partial charge in [0.1, 0.15) is 0 Å². The number of ether oxygens (including phenoxy) is 1. The van der Waals surface area contributed by atoms with Gasteiger partial charge >= 0.3 is 6.09 Å². The molecule has 1 atom stereocenters. The molecule has 2 N–H and O–H groups in total. The summed E-state index contributed by atoms with van der Waals surface area (Å²) in [5, 5.41) is 5.75. The number of halogens is 1. The van der Waals surface area contributed by atoms with Gasteiger partial charge in [-0.05, 0) is 12.8 Å². The van der Waals surface area contributed by atoms with Gasteiger partial charge in [0.2, 0.25) is 5.95 Å². The number of aromatic nitrogens is 2. The van der Waals surface area contributed by atoms with E-state index in [0.29, 0.717) is 19.0 Å². The van der Waals surface area contributed by atoms with E-state index in [9.17, 15) is 9.18 Å². The minimum absolute atomic E-state index is 0.0705. The molecule has 116 valence electrons. The van der Waals surface area contributed by atoms with Crippen molar-refractivity contribution >= 4 is 17.9 Å². The summed E-state index contributed by atoms with van der Waals surface area (Å²) in [5.74, 6) is 0.214. The molecule has 1 fully saturated rings. The van der Waals surface area contributed by atoms with Crippen LogP contribution in [0, 0.1) is 5.82 Å². The number of nitrogens with zero attached hydrogens (tertiary/aromatic N) is 3. The third kappa shape index (κ3) is 3.93. The van der Waals surface area contributed by atoms with Crippen molar-refractivity contribution in [3.63, 3.8) is 0 Å². The van der Waals surface area contributed by atoms with Crippen LogP contribution in [0.25, 0.3) is 0 Å². The zero-order valence-electron chi connectivity index (χ0n) is 12.2. The van der Waals surface area contributed by atoms with E-state index in [0.717, 1.165) is 19.4 Å². The van der Waals surface area contributed by atoms with Crippen molar-refractivity contribution in [2.24, 2.45) is 0 Å². The SMILES string of the molecule is CCCNc1ncc(F)c(N2CCC(NC(=O)OC)C2)n1. The van der Waals surface area contributed by atoms with Gasteiger partial charge in [-0.15, -0.1) is 0 Å². The maximum absolute atomic E-state index is 13.9. The first kappa shape index (κ1) is 15.3. The Morgan fingerprint density at radius 1 is 1.62 bits per heavy atom. The highest BCUT2D eigenvalue weighted by Crippen LogP contribution is 2.22. The Balaban J connectivity index is 2.03. The van der Waals surface area contributed by atoms with Gasteiger partial charge in [-0.3, -0.25) is 0 Å². The van der Waals surface area contributed by atoms with Crippen molar-refractivity contribution in [3.05, 3.63) is 12.0 Å². The van der Waals surface area contributed by atoms with Crippen LogP contribution in [0.15, 0.2) is 6.20 Å². The zero-order chi connectivity index (χ0) is 15.2. The van der Waals surface area contributed by atoms with Gasteiger partial charge in [0.25, 0.3) is 0 Å². The molecule has 8 heteroatoms. The predicted molar refractivity (Wildman–Crippen MR) is 76.9 cm³/mol. The van der Waals surface area contributed by atoms with E-state index in [-0.39, 0.29) is 11.9 Å². The van der Waals surface area contributed by atoms with Crippen molar-refractivity contribution in [3.8, 4) is 0 Å². The second-order valence-corrected chi connectivity index (χ2v) is 4.86. The second kappa shape index (κ2) is 7.05. The third-order valence-corrected chi connectivity index (χ3v) is 3.25. The van der Waals surface area contributed by atoms with Gasteiger partial charge in [-0.1, -0.05) is 6.92 Å². The number of hydrogen-bond acceptors (Lipinski definition) is 6. The molecule has 1 aliphatic rings. The molecule has 7 nitrogen and oxygen atoms in total. The molecular formula is C13H20FN5O2. The van der Waals surface area contributed by atoms with Crippen LogP contribution < -0.4 is 15.5 Å². The lowest BCUT2D eigenvalue weighted by Crippen LogP contribution is -2.37. The number of carbonyl (C=O) groups is 1. The number of methoxy groups -OCH3 is 1. The number of hydrogen-bond donors (Lipinski definition) is 2. The molecule has 1 aromatic heterocycles. The standard InChI is InChI=1S/C13H20FN5O2/c1-3-5-15-12-16-7-10(14)11(18-12)19-6-4-9(8-19)17-13(20)21-2/h7,9H,3-6,8H2,1-2H3,(H,17,20)(H,15,16,18). The molecule has 0 saturated carbocycles. The Morgan fingerprint density at radius 2 is 2.43 bits per heavy atom. The molecule has 1 saturated heterocycles. The molecule has 0 aliphatic carbocycles. The first-order valence-corrected chi connectivity index (χ1v) is 7.00. The minimum atomic E-state index is -0.477. The van der Waals surface area contributed by atoms with Gasteiger partial charge in [0, 0.05) is 19.6 Å².